The molecule has 264 valence electrons. The molecule has 1 nitrogen and oxygen atoms in total. The van der Waals surface area contributed by atoms with Gasteiger partial charge in [0, 0.05) is 16.8 Å². The fraction of sp³-hybridized carbons (Fsp3) is 0.346. The molecule has 1 spiro atoms. The first-order chi connectivity index (χ1) is 30.3. The standard InChI is InChI=1S/C52H51N/c1-50(2)25-26-51(3,4)49-46(50)17-10-18-48(49)53(39-21-19-36(20-22-39)42-15-9-12-35-11-5-6-13-41(35)42)40-23-24-44-43-14-7-8-16-45(43)52(47(44)32-40)37-28-33-27-34(30-37)31-38(52)29-33/h5-24,32-34,37-38H,25-31H2,1-4H3/i5D,6D,9D,11D,12D,13D,15D,19D,20D,21D,22D. The molecule has 0 unspecified atom stereocenters. The summed E-state index contributed by atoms with van der Waals surface area (Å²) in [5.74, 6) is 2.47. The lowest BCUT2D eigenvalue weighted by Crippen LogP contribution is -2.55. The molecule has 6 aliphatic carbocycles. The van der Waals surface area contributed by atoms with Crippen molar-refractivity contribution in [2.45, 2.75) is 88.9 Å². The lowest BCUT2D eigenvalue weighted by molar-refractivity contribution is -0.0399. The SMILES string of the molecule is [2H]c1c([2H])c(N(c2ccc3c(c2)C2(c4ccccc4-3)C3CC4CC(C3)CC2C4)c2cccc3c2C(C)(C)CCC3(C)C)c([2H])c([2H])c1-c1c([2H])c([2H])c([2H])c2c([2H])c([2H])c([2H])c([2H])c12. The van der Waals surface area contributed by atoms with E-state index < -0.39 is 54.4 Å². The van der Waals surface area contributed by atoms with Gasteiger partial charge in [-0.15, -0.1) is 0 Å². The van der Waals surface area contributed by atoms with E-state index in [9.17, 15) is 5.48 Å². The van der Waals surface area contributed by atoms with Gasteiger partial charge in [-0.1, -0.05) is 125 Å². The summed E-state index contributed by atoms with van der Waals surface area (Å²) in [6.07, 6.45) is 7.98. The maximum absolute atomic E-state index is 9.97. The summed E-state index contributed by atoms with van der Waals surface area (Å²) in [6.45, 7) is 8.98. The maximum Gasteiger partial charge on any atom is 0.0645 e. The number of hydrogen-bond acceptors (Lipinski definition) is 1. The smallest absolute Gasteiger partial charge is 0.0645 e. The van der Waals surface area contributed by atoms with Crippen molar-refractivity contribution in [2.75, 3.05) is 4.90 Å². The summed E-state index contributed by atoms with van der Waals surface area (Å²) in [6, 6.07) is 15.8. The zero-order chi connectivity index (χ0) is 45.3. The van der Waals surface area contributed by atoms with Crippen molar-refractivity contribution in [1.29, 1.82) is 0 Å². The van der Waals surface area contributed by atoms with Crippen LogP contribution in [0.15, 0.2) is 127 Å². The Balaban J connectivity index is 1.22. The molecule has 0 N–H and O–H groups in total. The third-order valence-corrected chi connectivity index (χ3v) is 14.3. The van der Waals surface area contributed by atoms with Gasteiger partial charge in [0.2, 0.25) is 0 Å². The van der Waals surface area contributed by atoms with Gasteiger partial charge < -0.3 is 4.90 Å². The van der Waals surface area contributed by atoms with E-state index in [4.69, 9.17) is 9.60 Å². The Hall–Kier alpha value is -4.62. The summed E-state index contributed by atoms with van der Waals surface area (Å²) in [5.41, 5.74) is 7.58. The fourth-order valence-corrected chi connectivity index (χ4v) is 12.1. The second-order valence-electron chi connectivity index (χ2n) is 18.0. The van der Waals surface area contributed by atoms with Gasteiger partial charge in [0.05, 0.1) is 20.8 Å². The first-order valence-corrected chi connectivity index (χ1v) is 19.6. The summed E-state index contributed by atoms with van der Waals surface area (Å²) in [5, 5.41) is -0.578. The normalized spacial score (nSPS) is 29.6. The highest BCUT2D eigenvalue weighted by Gasteiger charge is 2.61. The molecule has 12 rings (SSSR count). The van der Waals surface area contributed by atoms with Crippen molar-refractivity contribution < 1.29 is 15.1 Å². The summed E-state index contributed by atoms with van der Waals surface area (Å²) in [4.78, 5) is 1.94. The van der Waals surface area contributed by atoms with E-state index >= 15 is 0 Å². The summed E-state index contributed by atoms with van der Waals surface area (Å²) in [7, 11) is 0. The highest BCUT2D eigenvalue weighted by Crippen LogP contribution is 2.69. The van der Waals surface area contributed by atoms with Crippen LogP contribution in [0.5, 0.6) is 0 Å². The van der Waals surface area contributed by atoms with Gasteiger partial charge in [-0.05, 0) is 165 Å². The summed E-state index contributed by atoms with van der Waals surface area (Å²) < 4.78 is 100. The van der Waals surface area contributed by atoms with Crippen LogP contribution in [-0.2, 0) is 16.2 Å². The molecule has 0 amide bonds. The van der Waals surface area contributed by atoms with Crippen LogP contribution >= 0.6 is 0 Å². The van der Waals surface area contributed by atoms with Crippen LogP contribution in [0, 0.1) is 23.7 Å². The predicted molar refractivity (Wildman–Crippen MR) is 223 cm³/mol. The first-order valence-electron chi connectivity index (χ1n) is 25.1. The van der Waals surface area contributed by atoms with Crippen molar-refractivity contribution in [3.05, 3.63) is 149 Å². The molecule has 1 heteroatoms. The molecule has 53 heavy (non-hydrogen) atoms. The Kier molecular flexibility index (Phi) is 4.77. The summed E-state index contributed by atoms with van der Waals surface area (Å²) >= 11 is 0. The minimum Gasteiger partial charge on any atom is -0.310 e. The lowest BCUT2D eigenvalue weighted by atomic mass is 9.43. The first kappa shape index (κ1) is 22.6. The van der Waals surface area contributed by atoms with Gasteiger partial charge in [-0.3, -0.25) is 0 Å². The second kappa shape index (κ2) is 11.2. The van der Waals surface area contributed by atoms with Crippen LogP contribution in [0.2, 0.25) is 0 Å². The van der Waals surface area contributed by atoms with Crippen molar-refractivity contribution in [2.24, 2.45) is 23.7 Å². The molecule has 0 aromatic heterocycles. The van der Waals surface area contributed by atoms with E-state index in [1.165, 1.54) is 59.9 Å². The van der Waals surface area contributed by atoms with Crippen LogP contribution in [0.3, 0.4) is 0 Å². The molecule has 4 bridgehead atoms. The molecule has 0 aliphatic heterocycles. The zero-order valence-electron chi connectivity index (χ0n) is 42.0. The van der Waals surface area contributed by atoms with Gasteiger partial charge in [0.25, 0.3) is 0 Å². The van der Waals surface area contributed by atoms with Crippen molar-refractivity contribution in [3.63, 3.8) is 0 Å². The molecule has 0 atom stereocenters. The largest absolute Gasteiger partial charge is 0.310 e. The number of anilines is 3. The second-order valence-corrected chi connectivity index (χ2v) is 18.0. The Morgan fingerprint density at radius 2 is 1.25 bits per heavy atom. The lowest BCUT2D eigenvalue weighted by Gasteiger charge is -2.61. The number of benzene rings is 6. The van der Waals surface area contributed by atoms with Gasteiger partial charge in [-0.25, -0.2) is 0 Å². The highest BCUT2D eigenvalue weighted by atomic mass is 15.1. The molecule has 6 aromatic carbocycles. The topological polar surface area (TPSA) is 3.24 Å². The molecule has 6 aromatic rings. The van der Waals surface area contributed by atoms with Crippen molar-refractivity contribution >= 4 is 27.8 Å². The predicted octanol–water partition coefficient (Wildman–Crippen LogP) is 14.0. The van der Waals surface area contributed by atoms with E-state index in [1.807, 2.05) is 17.0 Å². The molecular weight excluding hydrogens is 639 g/mol. The third-order valence-electron chi connectivity index (χ3n) is 14.3. The van der Waals surface area contributed by atoms with Crippen LogP contribution in [-0.4, -0.2) is 0 Å². The van der Waals surface area contributed by atoms with Crippen LogP contribution < -0.4 is 4.90 Å². The minimum atomic E-state index is -0.631. The van der Waals surface area contributed by atoms with Crippen LogP contribution in [0.4, 0.5) is 17.1 Å². The average Bonchev–Trinajstić information content (AvgIpc) is 3.56. The van der Waals surface area contributed by atoms with E-state index in [2.05, 4.69) is 76.2 Å². The Bertz CT molecular complexity index is 2990. The molecule has 0 saturated heterocycles. The minimum absolute atomic E-state index is 0.0295. The average molecular weight is 701 g/mol. The molecule has 0 radical (unpaired) electrons. The quantitative estimate of drug-likeness (QED) is 0.177. The van der Waals surface area contributed by atoms with Crippen LogP contribution in [0.1, 0.15) is 110 Å². The van der Waals surface area contributed by atoms with E-state index in [0.29, 0.717) is 11.8 Å². The van der Waals surface area contributed by atoms with Crippen LogP contribution in [0.25, 0.3) is 33.0 Å². The van der Waals surface area contributed by atoms with Crippen molar-refractivity contribution in [3.8, 4) is 22.3 Å². The zero-order valence-corrected chi connectivity index (χ0v) is 31.0. The van der Waals surface area contributed by atoms with Gasteiger partial charge in [0.1, 0.15) is 0 Å². The van der Waals surface area contributed by atoms with E-state index in [0.717, 1.165) is 41.6 Å². The van der Waals surface area contributed by atoms with E-state index in [1.54, 1.807) is 0 Å². The molecule has 4 fully saturated rings. The number of fused-ring (bicyclic) bond motifs is 5. The molecular formula is C52H51N. The monoisotopic (exact) mass is 700 g/mol. The fourth-order valence-electron chi connectivity index (χ4n) is 12.1. The molecule has 0 heterocycles. The van der Waals surface area contributed by atoms with E-state index in [-0.39, 0.29) is 55.9 Å². The third kappa shape index (κ3) is 4.49. The Labute approximate surface area is 331 Å². The van der Waals surface area contributed by atoms with Crippen molar-refractivity contribution in [1.82, 2.24) is 0 Å². The number of hydrogen-bond donors (Lipinski definition) is 0. The van der Waals surface area contributed by atoms with Gasteiger partial charge in [0.15, 0.2) is 0 Å². The Morgan fingerprint density at radius 1 is 0.566 bits per heavy atom. The number of rotatable bonds is 4. The maximum atomic E-state index is 9.97. The Morgan fingerprint density at radius 3 is 2.04 bits per heavy atom. The molecule has 4 saturated carbocycles. The number of nitrogens with zero attached hydrogens (tertiary/aromatic N) is 1. The van der Waals surface area contributed by atoms with Gasteiger partial charge >= 0.3 is 0 Å². The molecule has 6 aliphatic rings. The van der Waals surface area contributed by atoms with Gasteiger partial charge in [-0.2, -0.15) is 0 Å². The highest BCUT2D eigenvalue weighted by molar-refractivity contribution is 5.97.